The largest absolute Gasteiger partial charge is 0.497 e. The zero-order chi connectivity index (χ0) is 15.9. The fourth-order valence-corrected chi connectivity index (χ4v) is 1.42. The lowest BCUT2D eigenvalue weighted by Gasteiger charge is -2.15. The first kappa shape index (κ1) is 19.5. The van der Waals surface area contributed by atoms with Crippen molar-refractivity contribution >= 4 is 5.97 Å². The van der Waals surface area contributed by atoms with Gasteiger partial charge >= 0.3 is 5.97 Å². The van der Waals surface area contributed by atoms with Crippen LogP contribution in [0.25, 0.3) is 0 Å². The van der Waals surface area contributed by atoms with E-state index in [1.165, 1.54) is 6.26 Å². The molecule has 1 unspecified atom stereocenters. The van der Waals surface area contributed by atoms with Crippen LogP contribution < -0.4 is 0 Å². The molecule has 0 amide bonds. The highest BCUT2D eigenvalue weighted by Gasteiger charge is 2.12. The van der Waals surface area contributed by atoms with Crippen molar-refractivity contribution in [1.29, 1.82) is 5.26 Å². The number of carbonyl (C=O) groups is 1. The van der Waals surface area contributed by atoms with Crippen molar-refractivity contribution in [2.75, 3.05) is 19.8 Å². The molecule has 0 rings (SSSR count). The van der Waals surface area contributed by atoms with Gasteiger partial charge in [-0.15, -0.1) is 0 Å². The number of hydrogen-bond acceptors (Lipinski definition) is 5. The van der Waals surface area contributed by atoms with Crippen LogP contribution in [0.5, 0.6) is 0 Å². The summed E-state index contributed by atoms with van der Waals surface area (Å²) in [7, 11) is 0. The molecule has 0 bridgehead atoms. The maximum absolute atomic E-state index is 11.6. The normalized spacial score (nSPS) is 12.6. The van der Waals surface area contributed by atoms with Crippen LogP contribution in [0.3, 0.4) is 0 Å². The summed E-state index contributed by atoms with van der Waals surface area (Å²) in [6.07, 6.45) is 5.78. The van der Waals surface area contributed by atoms with Crippen molar-refractivity contribution in [3.8, 4) is 6.07 Å². The number of carbonyl (C=O) groups excluding carboxylic acids is 1. The Morgan fingerprint density at radius 3 is 2.43 bits per heavy atom. The molecular formula is C16H27NO4. The van der Waals surface area contributed by atoms with Crippen LogP contribution in [0.2, 0.25) is 0 Å². The van der Waals surface area contributed by atoms with Gasteiger partial charge in [0.15, 0.2) is 5.57 Å². The first-order chi connectivity index (χ1) is 10.2. The Morgan fingerprint density at radius 1 is 1.19 bits per heavy atom. The van der Waals surface area contributed by atoms with Gasteiger partial charge in [-0.25, -0.2) is 4.79 Å². The third-order valence-corrected chi connectivity index (χ3v) is 2.86. The van der Waals surface area contributed by atoms with Gasteiger partial charge in [-0.2, -0.15) is 5.26 Å². The Balaban J connectivity index is 4.15. The average molecular weight is 297 g/mol. The molecule has 0 fully saturated rings. The lowest BCUT2D eigenvalue weighted by molar-refractivity contribution is -0.138. The Labute approximate surface area is 127 Å². The predicted molar refractivity (Wildman–Crippen MR) is 80.5 cm³/mol. The summed E-state index contributed by atoms with van der Waals surface area (Å²) in [5.74, 6) is -0.633. The monoisotopic (exact) mass is 297 g/mol. The van der Waals surface area contributed by atoms with E-state index >= 15 is 0 Å². The van der Waals surface area contributed by atoms with Crippen LogP contribution in [0.15, 0.2) is 11.8 Å². The quantitative estimate of drug-likeness (QED) is 0.182. The van der Waals surface area contributed by atoms with Gasteiger partial charge in [0, 0.05) is 6.61 Å². The van der Waals surface area contributed by atoms with Crippen LogP contribution in [-0.2, 0) is 19.0 Å². The van der Waals surface area contributed by atoms with Crippen LogP contribution in [0.4, 0.5) is 0 Å². The van der Waals surface area contributed by atoms with Crippen LogP contribution in [0, 0.1) is 11.3 Å². The van der Waals surface area contributed by atoms with E-state index in [4.69, 9.17) is 19.5 Å². The van der Waals surface area contributed by atoms with E-state index in [1.54, 1.807) is 6.07 Å². The van der Waals surface area contributed by atoms with E-state index in [9.17, 15) is 4.79 Å². The summed E-state index contributed by atoms with van der Waals surface area (Å²) >= 11 is 0. The number of nitriles is 1. The lowest BCUT2D eigenvalue weighted by atomic mass is 10.3. The fourth-order valence-electron chi connectivity index (χ4n) is 1.42. The average Bonchev–Trinajstić information content (AvgIpc) is 2.50. The minimum Gasteiger partial charge on any atom is -0.497 e. The molecule has 0 saturated heterocycles. The zero-order valence-electron chi connectivity index (χ0n) is 13.4. The SMILES string of the molecule is CCCCOC(=O)/C(C#N)=C/OCC(CC)OCCCC. The minimum absolute atomic E-state index is 0.0242. The number of nitrogens with zero attached hydrogens (tertiary/aromatic N) is 1. The molecule has 0 radical (unpaired) electrons. The first-order valence-electron chi connectivity index (χ1n) is 7.70. The van der Waals surface area contributed by atoms with Gasteiger partial charge in [0.05, 0.1) is 12.7 Å². The molecule has 0 N–H and O–H groups in total. The highest BCUT2D eigenvalue weighted by atomic mass is 16.5. The highest BCUT2D eigenvalue weighted by molar-refractivity contribution is 5.92. The molecule has 1 atom stereocenters. The van der Waals surface area contributed by atoms with Gasteiger partial charge in [0.25, 0.3) is 0 Å². The van der Waals surface area contributed by atoms with E-state index in [1.807, 2.05) is 13.8 Å². The molecule has 0 spiro atoms. The summed E-state index contributed by atoms with van der Waals surface area (Å²) in [4.78, 5) is 11.6. The second-order valence-electron chi connectivity index (χ2n) is 4.72. The molecule has 0 saturated carbocycles. The molecular weight excluding hydrogens is 270 g/mol. The Bertz CT molecular complexity index is 347. The third kappa shape index (κ3) is 9.91. The van der Waals surface area contributed by atoms with Gasteiger partial charge in [-0.05, 0) is 19.3 Å². The summed E-state index contributed by atoms with van der Waals surface area (Å²) in [6.45, 7) is 7.47. The fraction of sp³-hybridized carbons (Fsp3) is 0.750. The van der Waals surface area contributed by atoms with Crippen LogP contribution in [-0.4, -0.2) is 31.9 Å². The van der Waals surface area contributed by atoms with Gasteiger partial charge in [-0.3, -0.25) is 0 Å². The molecule has 120 valence electrons. The number of hydrogen-bond donors (Lipinski definition) is 0. The number of ether oxygens (including phenoxy) is 3. The molecule has 0 aromatic heterocycles. The maximum Gasteiger partial charge on any atom is 0.352 e. The van der Waals surface area contributed by atoms with E-state index in [0.29, 0.717) is 19.8 Å². The zero-order valence-corrected chi connectivity index (χ0v) is 13.4. The predicted octanol–water partition coefficient (Wildman–Crippen LogP) is 3.35. The van der Waals surface area contributed by atoms with Gasteiger partial charge in [0.1, 0.15) is 18.9 Å². The lowest BCUT2D eigenvalue weighted by Crippen LogP contribution is -2.19. The van der Waals surface area contributed by atoms with Crippen molar-refractivity contribution in [2.45, 2.75) is 59.0 Å². The molecule has 0 heterocycles. The van der Waals surface area contributed by atoms with Crippen LogP contribution in [0.1, 0.15) is 52.9 Å². The smallest absolute Gasteiger partial charge is 0.352 e. The number of unbranched alkanes of at least 4 members (excludes halogenated alkanes) is 2. The number of esters is 1. The highest BCUT2D eigenvalue weighted by Crippen LogP contribution is 2.04. The molecule has 0 aliphatic carbocycles. The van der Waals surface area contributed by atoms with E-state index < -0.39 is 5.97 Å². The van der Waals surface area contributed by atoms with Gasteiger partial charge < -0.3 is 14.2 Å². The van der Waals surface area contributed by atoms with Crippen molar-refractivity contribution in [3.05, 3.63) is 11.8 Å². The standard InChI is InChI=1S/C16H27NO4/c1-4-7-9-20-15(6-3)13-19-12-14(11-17)16(18)21-10-8-5-2/h12,15H,4-10,13H2,1-3H3/b14-12+. The summed E-state index contributed by atoms with van der Waals surface area (Å²) < 4.78 is 15.9. The van der Waals surface area contributed by atoms with Crippen molar-refractivity contribution < 1.29 is 19.0 Å². The molecule has 0 aliphatic rings. The van der Waals surface area contributed by atoms with Crippen molar-refractivity contribution in [3.63, 3.8) is 0 Å². The van der Waals surface area contributed by atoms with E-state index in [2.05, 4.69) is 6.92 Å². The van der Waals surface area contributed by atoms with Crippen molar-refractivity contribution in [1.82, 2.24) is 0 Å². The summed E-state index contributed by atoms with van der Waals surface area (Å²) in [6, 6.07) is 1.79. The Morgan fingerprint density at radius 2 is 1.86 bits per heavy atom. The maximum atomic E-state index is 11.6. The minimum atomic E-state index is -0.633. The molecule has 0 aromatic carbocycles. The van der Waals surface area contributed by atoms with Crippen LogP contribution >= 0.6 is 0 Å². The number of rotatable bonds is 12. The van der Waals surface area contributed by atoms with Crippen molar-refractivity contribution in [2.24, 2.45) is 0 Å². The second-order valence-corrected chi connectivity index (χ2v) is 4.72. The molecule has 21 heavy (non-hydrogen) atoms. The summed E-state index contributed by atoms with van der Waals surface area (Å²) in [5, 5.41) is 8.92. The van der Waals surface area contributed by atoms with E-state index in [0.717, 1.165) is 32.1 Å². The second kappa shape index (κ2) is 13.4. The third-order valence-electron chi connectivity index (χ3n) is 2.86. The molecule has 5 heteroatoms. The van der Waals surface area contributed by atoms with Gasteiger partial charge in [0.2, 0.25) is 0 Å². The Kier molecular flexibility index (Phi) is 12.5. The Hall–Kier alpha value is -1.54. The van der Waals surface area contributed by atoms with E-state index in [-0.39, 0.29) is 11.7 Å². The summed E-state index contributed by atoms with van der Waals surface area (Å²) in [5.41, 5.74) is -0.116. The molecule has 5 nitrogen and oxygen atoms in total. The molecule has 0 aliphatic heterocycles. The topological polar surface area (TPSA) is 68.6 Å². The first-order valence-corrected chi connectivity index (χ1v) is 7.70. The molecule has 0 aromatic rings. The van der Waals surface area contributed by atoms with Gasteiger partial charge in [-0.1, -0.05) is 33.6 Å².